The van der Waals surface area contributed by atoms with Crippen LogP contribution in [0, 0.1) is 27.7 Å². The molecule has 0 aromatic heterocycles. The molecule has 0 fully saturated rings. The molecule has 4 aromatic carbocycles. The van der Waals surface area contributed by atoms with Gasteiger partial charge in [0.2, 0.25) is 0 Å². The van der Waals surface area contributed by atoms with Crippen LogP contribution in [0.5, 0.6) is 0 Å². The van der Waals surface area contributed by atoms with Crippen LogP contribution >= 0.6 is 7.92 Å². The van der Waals surface area contributed by atoms with E-state index in [9.17, 15) is 0 Å². The van der Waals surface area contributed by atoms with Crippen molar-refractivity contribution in [3.8, 4) is 11.1 Å². The Morgan fingerprint density at radius 3 is 1.55 bits per heavy atom. The Morgan fingerprint density at radius 1 is 0.483 bits per heavy atom. The van der Waals surface area contributed by atoms with Gasteiger partial charge in [0.05, 0.1) is 0 Å². The van der Waals surface area contributed by atoms with Gasteiger partial charge in [-0.2, -0.15) is 0 Å². The molecule has 0 spiro atoms. The summed E-state index contributed by atoms with van der Waals surface area (Å²) in [7, 11) is -0.644. The monoisotopic (exact) mass is 394 g/mol. The highest BCUT2D eigenvalue weighted by Crippen LogP contribution is 2.39. The Morgan fingerprint density at radius 2 is 1.00 bits per heavy atom. The maximum Gasteiger partial charge on any atom is -0.00684 e. The molecule has 0 aliphatic heterocycles. The molecule has 4 aromatic rings. The van der Waals surface area contributed by atoms with Gasteiger partial charge in [-0.25, -0.2) is 0 Å². The standard InChI is InChI=1S/C28H27P/c1-20-12-16-24(17-13-20)29(25-18-14-21(2)15-19-25)27-11-7-9-23(4)28(27)26-10-6-5-8-22(26)3/h5-19H,1-4H3. The Hall–Kier alpha value is -2.69. The highest BCUT2D eigenvalue weighted by molar-refractivity contribution is 7.80. The average Bonchev–Trinajstić information content (AvgIpc) is 2.72. The van der Waals surface area contributed by atoms with Crippen LogP contribution in [0.2, 0.25) is 0 Å². The van der Waals surface area contributed by atoms with E-state index in [0.29, 0.717) is 0 Å². The molecule has 0 bridgehead atoms. The van der Waals surface area contributed by atoms with Gasteiger partial charge in [-0.05, 0) is 73.8 Å². The lowest BCUT2D eigenvalue weighted by atomic mass is 9.97. The minimum Gasteiger partial charge on any atom is -0.0620 e. The third kappa shape index (κ3) is 4.04. The van der Waals surface area contributed by atoms with Crippen molar-refractivity contribution < 1.29 is 0 Å². The summed E-state index contributed by atoms with van der Waals surface area (Å²) in [4.78, 5) is 0. The number of benzene rings is 4. The largest absolute Gasteiger partial charge is 0.0620 e. The van der Waals surface area contributed by atoms with Crippen LogP contribution in [0.15, 0.2) is 91.0 Å². The second kappa shape index (κ2) is 8.36. The Bertz CT molecular complexity index is 1080. The molecule has 0 saturated heterocycles. The summed E-state index contributed by atoms with van der Waals surface area (Å²) in [5.41, 5.74) is 7.99. The molecule has 1 heteroatoms. The molecule has 0 atom stereocenters. The average molecular weight is 394 g/mol. The summed E-state index contributed by atoms with van der Waals surface area (Å²) >= 11 is 0. The molecule has 0 aliphatic carbocycles. The van der Waals surface area contributed by atoms with E-state index in [-0.39, 0.29) is 0 Å². The van der Waals surface area contributed by atoms with Crippen LogP contribution in [0.3, 0.4) is 0 Å². The van der Waals surface area contributed by atoms with Gasteiger partial charge >= 0.3 is 0 Å². The Labute approximate surface area is 176 Å². The first kappa shape index (κ1) is 19.6. The highest BCUT2D eigenvalue weighted by atomic mass is 31.1. The molecule has 0 saturated carbocycles. The zero-order chi connectivity index (χ0) is 20.4. The molecule has 0 amide bonds. The predicted octanol–water partition coefficient (Wildman–Crippen LogP) is 6.35. The topological polar surface area (TPSA) is 0 Å². The highest BCUT2D eigenvalue weighted by Gasteiger charge is 2.22. The number of aryl methyl sites for hydroxylation is 4. The molecule has 0 aliphatic rings. The first-order chi connectivity index (χ1) is 14.0. The minimum absolute atomic E-state index is 0.644. The van der Waals surface area contributed by atoms with Crippen LogP contribution in [0.4, 0.5) is 0 Å². The van der Waals surface area contributed by atoms with Gasteiger partial charge in [0, 0.05) is 0 Å². The molecule has 0 N–H and O–H groups in total. The van der Waals surface area contributed by atoms with E-state index in [1.165, 1.54) is 49.3 Å². The van der Waals surface area contributed by atoms with Crippen molar-refractivity contribution in [3.05, 3.63) is 113 Å². The summed E-state index contributed by atoms with van der Waals surface area (Å²) in [5.74, 6) is 0. The van der Waals surface area contributed by atoms with Crippen molar-refractivity contribution >= 4 is 23.8 Å². The maximum atomic E-state index is 2.33. The van der Waals surface area contributed by atoms with E-state index < -0.39 is 7.92 Å². The molecule has 4 rings (SSSR count). The van der Waals surface area contributed by atoms with Crippen LogP contribution in [-0.2, 0) is 0 Å². The summed E-state index contributed by atoms with van der Waals surface area (Å²) in [5, 5.41) is 4.23. The molecule has 29 heavy (non-hydrogen) atoms. The van der Waals surface area contributed by atoms with E-state index in [1.54, 1.807) is 0 Å². The summed E-state index contributed by atoms with van der Waals surface area (Å²) in [6.07, 6.45) is 0. The quantitative estimate of drug-likeness (QED) is 0.354. The summed E-state index contributed by atoms with van der Waals surface area (Å²) in [6.45, 7) is 8.77. The smallest absolute Gasteiger partial charge is 0.00684 e. The zero-order valence-electron chi connectivity index (χ0n) is 17.6. The molecule has 144 valence electrons. The van der Waals surface area contributed by atoms with Crippen molar-refractivity contribution in [1.29, 1.82) is 0 Å². The third-order valence-electron chi connectivity index (χ3n) is 5.49. The zero-order valence-corrected chi connectivity index (χ0v) is 18.5. The van der Waals surface area contributed by atoms with Gasteiger partial charge in [0.15, 0.2) is 0 Å². The van der Waals surface area contributed by atoms with Crippen LogP contribution < -0.4 is 15.9 Å². The first-order valence-electron chi connectivity index (χ1n) is 10.1. The molecular formula is C28H27P. The fraction of sp³-hybridized carbons (Fsp3) is 0.143. The number of hydrogen-bond donors (Lipinski definition) is 0. The Balaban J connectivity index is 1.99. The lowest BCUT2D eigenvalue weighted by molar-refractivity contribution is 1.42. The fourth-order valence-electron chi connectivity index (χ4n) is 3.86. The van der Waals surface area contributed by atoms with E-state index >= 15 is 0 Å². The van der Waals surface area contributed by atoms with Gasteiger partial charge in [0.25, 0.3) is 0 Å². The summed E-state index contributed by atoms with van der Waals surface area (Å²) in [6, 6.07) is 33.7. The SMILES string of the molecule is Cc1ccc(P(c2ccc(C)cc2)c2cccc(C)c2-c2ccccc2C)cc1. The maximum absolute atomic E-state index is 2.33. The van der Waals surface area contributed by atoms with Crippen molar-refractivity contribution in [1.82, 2.24) is 0 Å². The molecule has 0 radical (unpaired) electrons. The Kier molecular flexibility index (Phi) is 5.65. The van der Waals surface area contributed by atoms with Gasteiger partial charge in [-0.15, -0.1) is 0 Å². The van der Waals surface area contributed by atoms with Crippen molar-refractivity contribution in [2.24, 2.45) is 0 Å². The van der Waals surface area contributed by atoms with E-state index in [1.807, 2.05) is 0 Å². The van der Waals surface area contributed by atoms with Gasteiger partial charge in [0.1, 0.15) is 0 Å². The number of hydrogen-bond acceptors (Lipinski definition) is 0. The van der Waals surface area contributed by atoms with E-state index in [4.69, 9.17) is 0 Å². The van der Waals surface area contributed by atoms with Gasteiger partial charge in [-0.1, -0.05) is 102 Å². The van der Waals surface area contributed by atoms with E-state index in [2.05, 4.69) is 119 Å². The fourth-order valence-corrected chi connectivity index (χ4v) is 6.36. The predicted molar refractivity (Wildman–Crippen MR) is 130 cm³/mol. The molecular weight excluding hydrogens is 367 g/mol. The van der Waals surface area contributed by atoms with E-state index in [0.717, 1.165) is 0 Å². The molecule has 0 heterocycles. The summed E-state index contributed by atoms with van der Waals surface area (Å²) < 4.78 is 0. The number of rotatable bonds is 4. The second-order valence-corrected chi connectivity index (χ2v) is 9.98. The minimum atomic E-state index is -0.644. The van der Waals surface area contributed by atoms with Crippen molar-refractivity contribution in [2.45, 2.75) is 27.7 Å². The van der Waals surface area contributed by atoms with Crippen LogP contribution in [0.1, 0.15) is 22.3 Å². The molecule has 0 unspecified atom stereocenters. The van der Waals surface area contributed by atoms with Crippen LogP contribution in [-0.4, -0.2) is 0 Å². The lowest BCUT2D eigenvalue weighted by Crippen LogP contribution is -2.23. The van der Waals surface area contributed by atoms with Crippen molar-refractivity contribution in [2.75, 3.05) is 0 Å². The molecule has 0 nitrogen and oxygen atoms in total. The van der Waals surface area contributed by atoms with Gasteiger partial charge in [-0.3, -0.25) is 0 Å². The van der Waals surface area contributed by atoms with Crippen LogP contribution in [0.25, 0.3) is 11.1 Å². The third-order valence-corrected chi connectivity index (χ3v) is 7.97. The second-order valence-electron chi connectivity index (χ2n) is 7.79. The normalized spacial score (nSPS) is 11.1. The lowest BCUT2D eigenvalue weighted by Gasteiger charge is -2.24. The first-order valence-corrected chi connectivity index (χ1v) is 11.5. The van der Waals surface area contributed by atoms with Gasteiger partial charge < -0.3 is 0 Å². The van der Waals surface area contributed by atoms with Crippen molar-refractivity contribution in [3.63, 3.8) is 0 Å².